The lowest BCUT2D eigenvalue weighted by molar-refractivity contribution is 0.0718. The first-order chi connectivity index (χ1) is 10.2. The van der Waals surface area contributed by atoms with Gasteiger partial charge in [0, 0.05) is 38.5 Å². The van der Waals surface area contributed by atoms with Crippen molar-refractivity contribution in [1.29, 1.82) is 0 Å². The second-order valence-corrected chi connectivity index (χ2v) is 5.03. The van der Waals surface area contributed by atoms with Gasteiger partial charge in [0.05, 0.1) is 6.61 Å². The summed E-state index contributed by atoms with van der Waals surface area (Å²) in [4.78, 5) is 30.2. The molecule has 21 heavy (non-hydrogen) atoms. The van der Waals surface area contributed by atoms with Gasteiger partial charge in [-0.1, -0.05) is 0 Å². The largest absolute Gasteiger partial charge is 0.383 e. The van der Waals surface area contributed by atoms with Crippen LogP contribution in [-0.4, -0.2) is 55.0 Å². The molecule has 1 fully saturated rings. The van der Waals surface area contributed by atoms with Crippen LogP contribution in [0.5, 0.6) is 0 Å². The van der Waals surface area contributed by atoms with E-state index in [-0.39, 0.29) is 11.8 Å². The van der Waals surface area contributed by atoms with Crippen LogP contribution in [0, 0.1) is 0 Å². The molecule has 0 radical (unpaired) electrons. The molecule has 1 aromatic heterocycles. The summed E-state index contributed by atoms with van der Waals surface area (Å²) >= 11 is 0. The molecule has 1 saturated heterocycles. The quantitative estimate of drug-likeness (QED) is 0.824. The molecule has 0 spiro atoms. The molecule has 1 aliphatic rings. The fourth-order valence-corrected chi connectivity index (χ4v) is 2.32. The zero-order chi connectivity index (χ0) is 15.1. The lowest BCUT2D eigenvalue weighted by Crippen LogP contribution is -2.36. The Morgan fingerprint density at radius 2 is 2.10 bits per heavy atom. The summed E-state index contributed by atoms with van der Waals surface area (Å²) in [7, 11) is 1.58. The number of rotatable bonds is 5. The summed E-state index contributed by atoms with van der Waals surface area (Å²) in [5.74, 6) is -0.316. The van der Waals surface area contributed by atoms with E-state index in [9.17, 15) is 9.59 Å². The van der Waals surface area contributed by atoms with Gasteiger partial charge in [0.1, 0.15) is 5.69 Å². The van der Waals surface area contributed by atoms with Crippen LogP contribution in [0.25, 0.3) is 0 Å². The minimum Gasteiger partial charge on any atom is -0.383 e. The standard InChI is InChI=1S/C15H21N3O3/c1-21-10-7-17-14(19)12-5-6-16-13(11-12)15(20)18-8-3-2-4-9-18/h5-6,11H,2-4,7-10H2,1H3,(H,17,19). The van der Waals surface area contributed by atoms with Gasteiger partial charge in [0.2, 0.25) is 0 Å². The number of carbonyl (C=O) groups is 2. The van der Waals surface area contributed by atoms with Crippen molar-refractivity contribution in [3.05, 3.63) is 29.6 Å². The predicted molar refractivity (Wildman–Crippen MR) is 78.2 cm³/mol. The molecule has 0 aliphatic carbocycles. The van der Waals surface area contributed by atoms with Gasteiger partial charge >= 0.3 is 0 Å². The van der Waals surface area contributed by atoms with E-state index in [4.69, 9.17) is 4.74 Å². The number of piperidine rings is 1. The Kier molecular flexibility index (Phi) is 5.68. The molecule has 1 aliphatic heterocycles. The molecule has 0 saturated carbocycles. The number of amides is 2. The highest BCUT2D eigenvalue weighted by Gasteiger charge is 2.20. The molecule has 2 rings (SSSR count). The van der Waals surface area contributed by atoms with E-state index >= 15 is 0 Å². The number of carbonyl (C=O) groups excluding carboxylic acids is 2. The molecule has 114 valence electrons. The third-order valence-electron chi connectivity index (χ3n) is 3.48. The number of nitrogens with one attached hydrogen (secondary N) is 1. The van der Waals surface area contributed by atoms with Crippen LogP contribution in [0.3, 0.4) is 0 Å². The van der Waals surface area contributed by atoms with Crippen molar-refractivity contribution in [1.82, 2.24) is 15.2 Å². The number of aromatic nitrogens is 1. The maximum Gasteiger partial charge on any atom is 0.272 e. The van der Waals surface area contributed by atoms with Gasteiger partial charge in [-0.05, 0) is 31.4 Å². The van der Waals surface area contributed by atoms with Crippen LogP contribution < -0.4 is 5.32 Å². The number of hydrogen-bond acceptors (Lipinski definition) is 4. The first kappa shape index (κ1) is 15.4. The summed E-state index contributed by atoms with van der Waals surface area (Å²) in [5.41, 5.74) is 0.776. The van der Waals surface area contributed by atoms with Crippen LogP contribution >= 0.6 is 0 Å². The molecular weight excluding hydrogens is 270 g/mol. The summed E-state index contributed by atoms with van der Waals surface area (Å²) in [5, 5.41) is 2.73. The topological polar surface area (TPSA) is 71.5 Å². The van der Waals surface area contributed by atoms with Crippen molar-refractivity contribution in [2.45, 2.75) is 19.3 Å². The van der Waals surface area contributed by atoms with Gasteiger partial charge in [0.25, 0.3) is 11.8 Å². The number of likely N-dealkylation sites (tertiary alicyclic amines) is 1. The zero-order valence-electron chi connectivity index (χ0n) is 12.3. The Morgan fingerprint density at radius 1 is 1.33 bits per heavy atom. The van der Waals surface area contributed by atoms with Crippen LogP contribution in [0.1, 0.15) is 40.1 Å². The summed E-state index contributed by atoms with van der Waals surface area (Å²) in [6.07, 6.45) is 4.73. The van der Waals surface area contributed by atoms with Crippen molar-refractivity contribution in [3.8, 4) is 0 Å². The molecular formula is C15H21N3O3. The average Bonchev–Trinajstić information content (AvgIpc) is 2.55. The number of pyridine rings is 1. The summed E-state index contributed by atoms with van der Waals surface area (Å²) in [6.45, 7) is 2.43. The van der Waals surface area contributed by atoms with Crippen molar-refractivity contribution < 1.29 is 14.3 Å². The number of ether oxygens (including phenoxy) is 1. The molecule has 6 nitrogen and oxygen atoms in total. The van der Waals surface area contributed by atoms with Crippen molar-refractivity contribution >= 4 is 11.8 Å². The maximum absolute atomic E-state index is 12.3. The average molecular weight is 291 g/mol. The van der Waals surface area contributed by atoms with E-state index in [2.05, 4.69) is 10.3 Å². The van der Waals surface area contributed by atoms with Crippen LogP contribution in [-0.2, 0) is 4.74 Å². The van der Waals surface area contributed by atoms with E-state index in [1.165, 1.54) is 12.6 Å². The first-order valence-electron chi connectivity index (χ1n) is 7.25. The Bertz CT molecular complexity index is 499. The number of hydrogen-bond donors (Lipinski definition) is 1. The van der Waals surface area contributed by atoms with Crippen molar-refractivity contribution in [3.63, 3.8) is 0 Å². The molecule has 6 heteroatoms. The zero-order valence-corrected chi connectivity index (χ0v) is 12.3. The molecule has 0 atom stereocenters. The Balaban J connectivity index is 2.02. The highest BCUT2D eigenvalue weighted by molar-refractivity contribution is 5.98. The monoisotopic (exact) mass is 291 g/mol. The van der Waals surface area contributed by atoms with Crippen molar-refractivity contribution in [2.75, 3.05) is 33.4 Å². The summed E-state index contributed by atoms with van der Waals surface area (Å²) in [6, 6.07) is 3.16. The maximum atomic E-state index is 12.3. The highest BCUT2D eigenvalue weighted by atomic mass is 16.5. The molecule has 0 bridgehead atoms. The molecule has 2 heterocycles. The molecule has 0 aromatic carbocycles. The van der Waals surface area contributed by atoms with E-state index in [0.29, 0.717) is 24.4 Å². The molecule has 1 aromatic rings. The molecule has 2 amide bonds. The number of nitrogens with zero attached hydrogens (tertiary/aromatic N) is 2. The van der Waals surface area contributed by atoms with E-state index in [1.807, 2.05) is 0 Å². The Hall–Kier alpha value is -1.95. The third-order valence-corrected chi connectivity index (χ3v) is 3.48. The lowest BCUT2D eigenvalue weighted by Gasteiger charge is -2.26. The smallest absolute Gasteiger partial charge is 0.272 e. The summed E-state index contributed by atoms with van der Waals surface area (Å²) < 4.78 is 4.88. The minimum atomic E-state index is -0.220. The fraction of sp³-hybridized carbons (Fsp3) is 0.533. The van der Waals surface area contributed by atoms with Gasteiger partial charge in [-0.2, -0.15) is 0 Å². The Morgan fingerprint density at radius 3 is 2.81 bits per heavy atom. The first-order valence-corrected chi connectivity index (χ1v) is 7.25. The van der Waals surface area contributed by atoms with Gasteiger partial charge in [-0.25, -0.2) is 0 Å². The van der Waals surface area contributed by atoms with E-state index < -0.39 is 0 Å². The van der Waals surface area contributed by atoms with Crippen LogP contribution in [0.2, 0.25) is 0 Å². The van der Waals surface area contributed by atoms with E-state index in [1.54, 1.807) is 24.1 Å². The van der Waals surface area contributed by atoms with Gasteiger partial charge in [-0.3, -0.25) is 14.6 Å². The minimum absolute atomic E-state index is 0.0961. The normalized spacial score (nSPS) is 14.8. The second kappa shape index (κ2) is 7.73. The number of methoxy groups -OCH3 is 1. The Labute approximate surface area is 124 Å². The molecule has 0 unspecified atom stereocenters. The SMILES string of the molecule is COCCNC(=O)c1ccnc(C(=O)N2CCCCC2)c1. The van der Waals surface area contributed by atoms with Crippen LogP contribution in [0.4, 0.5) is 0 Å². The lowest BCUT2D eigenvalue weighted by atomic mass is 10.1. The van der Waals surface area contributed by atoms with Gasteiger partial charge < -0.3 is 15.0 Å². The molecule has 1 N–H and O–H groups in total. The van der Waals surface area contributed by atoms with Gasteiger partial charge in [-0.15, -0.1) is 0 Å². The van der Waals surface area contributed by atoms with E-state index in [0.717, 1.165) is 25.9 Å². The predicted octanol–water partition coefficient (Wildman–Crippen LogP) is 1.08. The van der Waals surface area contributed by atoms with Gasteiger partial charge in [0.15, 0.2) is 0 Å². The fourth-order valence-electron chi connectivity index (χ4n) is 2.32. The van der Waals surface area contributed by atoms with Crippen molar-refractivity contribution in [2.24, 2.45) is 0 Å². The highest BCUT2D eigenvalue weighted by Crippen LogP contribution is 2.12. The second-order valence-electron chi connectivity index (χ2n) is 5.03. The third kappa shape index (κ3) is 4.26. The van der Waals surface area contributed by atoms with Crippen LogP contribution in [0.15, 0.2) is 18.3 Å².